The molecule has 1 heterocycles. The molecule has 0 spiro atoms. The van der Waals surface area contributed by atoms with Gasteiger partial charge in [0.25, 0.3) is 5.91 Å². The molecule has 5 nitrogen and oxygen atoms in total. The summed E-state index contributed by atoms with van der Waals surface area (Å²) in [5, 5.41) is 3.41. The molecule has 0 fully saturated rings. The molecule has 0 bridgehead atoms. The number of fused-ring (bicyclic) bond motifs is 1. The van der Waals surface area contributed by atoms with Gasteiger partial charge >= 0.3 is 5.97 Å². The Labute approximate surface area is 171 Å². The Morgan fingerprint density at radius 3 is 2.81 bits per heavy atom. The third-order valence-corrected chi connectivity index (χ3v) is 6.12. The molecule has 1 aliphatic carbocycles. The van der Waals surface area contributed by atoms with E-state index in [4.69, 9.17) is 9.47 Å². The SMILES string of the molecule is CCOC(=O)c1c(NC(=O)COc2ccc(Br)cc2CC)sc2c1CCC2. The molecule has 27 heavy (non-hydrogen) atoms. The summed E-state index contributed by atoms with van der Waals surface area (Å²) in [6.45, 7) is 4.01. The Hall–Kier alpha value is -1.86. The number of anilines is 1. The fourth-order valence-corrected chi connectivity index (χ4v) is 4.88. The van der Waals surface area contributed by atoms with E-state index >= 15 is 0 Å². The predicted octanol–water partition coefficient (Wildman–Crippen LogP) is 4.76. The van der Waals surface area contributed by atoms with Crippen molar-refractivity contribution < 1.29 is 19.1 Å². The predicted molar refractivity (Wildman–Crippen MR) is 110 cm³/mol. The molecule has 0 saturated heterocycles. The first kappa shape index (κ1) is 19.9. The lowest BCUT2D eigenvalue weighted by atomic mass is 10.1. The Balaban J connectivity index is 1.71. The van der Waals surface area contributed by atoms with Crippen LogP contribution in [0.5, 0.6) is 5.75 Å². The standard InChI is InChI=1S/C20H22BrNO4S/c1-3-12-10-13(21)8-9-15(12)26-11-17(23)22-19-18(20(24)25-4-2)14-6-5-7-16(14)27-19/h8-10H,3-7,11H2,1-2H3,(H,22,23). The molecular formula is C20H22BrNO4S. The first-order chi connectivity index (χ1) is 13.0. The molecule has 1 aliphatic rings. The number of nitrogens with one attached hydrogen (secondary N) is 1. The van der Waals surface area contributed by atoms with Crippen LogP contribution in [0.3, 0.4) is 0 Å². The summed E-state index contributed by atoms with van der Waals surface area (Å²) in [7, 11) is 0. The highest BCUT2D eigenvalue weighted by molar-refractivity contribution is 9.10. The van der Waals surface area contributed by atoms with Crippen molar-refractivity contribution in [3.8, 4) is 5.75 Å². The lowest BCUT2D eigenvalue weighted by Gasteiger charge is -2.11. The number of thiophene rings is 1. The topological polar surface area (TPSA) is 64.6 Å². The van der Waals surface area contributed by atoms with E-state index in [0.29, 0.717) is 22.9 Å². The van der Waals surface area contributed by atoms with Crippen LogP contribution in [0.25, 0.3) is 0 Å². The Morgan fingerprint density at radius 1 is 1.26 bits per heavy atom. The highest BCUT2D eigenvalue weighted by Gasteiger charge is 2.28. The summed E-state index contributed by atoms with van der Waals surface area (Å²) >= 11 is 4.91. The maximum absolute atomic E-state index is 12.4. The van der Waals surface area contributed by atoms with Crippen molar-refractivity contribution in [3.63, 3.8) is 0 Å². The molecule has 0 aliphatic heterocycles. The van der Waals surface area contributed by atoms with E-state index in [2.05, 4.69) is 21.2 Å². The maximum atomic E-state index is 12.4. The lowest BCUT2D eigenvalue weighted by Crippen LogP contribution is -2.21. The van der Waals surface area contributed by atoms with Crippen LogP contribution in [0.1, 0.15) is 46.6 Å². The minimum Gasteiger partial charge on any atom is -0.483 e. The van der Waals surface area contributed by atoms with Crippen molar-refractivity contribution in [1.82, 2.24) is 0 Å². The summed E-state index contributed by atoms with van der Waals surface area (Å²) in [6.07, 6.45) is 3.64. The van der Waals surface area contributed by atoms with Gasteiger partial charge < -0.3 is 14.8 Å². The molecule has 2 aromatic rings. The normalized spacial score (nSPS) is 12.6. The Kier molecular flexibility index (Phi) is 6.55. The third-order valence-electron chi connectivity index (χ3n) is 4.42. The molecule has 1 aromatic heterocycles. The van der Waals surface area contributed by atoms with Gasteiger partial charge in [0, 0.05) is 9.35 Å². The second-order valence-corrected chi connectivity index (χ2v) is 8.25. The van der Waals surface area contributed by atoms with Gasteiger partial charge in [0.1, 0.15) is 10.8 Å². The van der Waals surface area contributed by atoms with Crippen LogP contribution >= 0.6 is 27.3 Å². The summed E-state index contributed by atoms with van der Waals surface area (Å²) in [5.74, 6) is 0.0369. The molecule has 0 atom stereocenters. The molecule has 144 valence electrons. The van der Waals surface area contributed by atoms with Crippen molar-refractivity contribution in [2.24, 2.45) is 0 Å². The van der Waals surface area contributed by atoms with E-state index in [1.807, 2.05) is 25.1 Å². The minimum atomic E-state index is -0.366. The van der Waals surface area contributed by atoms with Gasteiger partial charge in [0.2, 0.25) is 0 Å². The molecular weight excluding hydrogens is 430 g/mol. The molecule has 1 amide bonds. The third kappa shape index (κ3) is 4.52. The number of hydrogen-bond acceptors (Lipinski definition) is 5. The average Bonchev–Trinajstić information content (AvgIpc) is 3.21. The van der Waals surface area contributed by atoms with E-state index in [1.54, 1.807) is 6.92 Å². The number of carbonyl (C=O) groups is 2. The van der Waals surface area contributed by atoms with E-state index in [-0.39, 0.29) is 18.5 Å². The Bertz CT molecular complexity index is 862. The van der Waals surface area contributed by atoms with Crippen LogP contribution in [0.15, 0.2) is 22.7 Å². The van der Waals surface area contributed by atoms with Gasteiger partial charge in [-0.15, -0.1) is 11.3 Å². The van der Waals surface area contributed by atoms with Gasteiger partial charge in [-0.3, -0.25) is 4.79 Å². The van der Waals surface area contributed by atoms with Gasteiger partial charge in [-0.05, 0) is 61.9 Å². The fraction of sp³-hybridized carbons (Fsp3) is 0.400. The van der Waals surface area contributed by atoms with Crippen LogP contribution in [0.4, 0.5) is 5.00 Å². The van der Waals surface area contributed by atoms with Crippen molar-refractivity contribution in [3.05, 3.63) is 44.2 Å². The number of halogens is 1. The van der Waals surface area contributed by atoms with E-state index in [0.717, 1.165) is 46.2 Å². The quantitative estimate of drug-likeness (QED) is 0.616. The summed E-state index contributed by atoms with van der Waals surface area (Å²) in [6, 6.07) is 5.71. The van der Waals surface area contributed by atoms with Crippen LogP contribution in [0.2, 0.25) is 0 Å². The van der Waals surface area contributed by atoms with Crippen molar-refractivity contribution >= 4 is 44.1 Å². The summed E-state index contributed by atoms with van der Waals surface area (Å²) in [5.41, 5.74) is 2.57. The van der Waals surface area contributed by atoms with E-state index < -0.39 is 0 Å². The van der Waals surface area contributed by atoms with Crippen LogP contribution < -0.4 is 10.1 Å². The van der Waals surface area contributed by atoms with E-state index in [1.165, 1.54) is 11.3 Å². The van der Waals surface area contributed by atoms with Crippen molar-refractivity contribution in [2.75, 3.05) is 18.5 Å². The van der Waals surface area contributed by atoms with Gasteiger partial charge in [-0.25, -0.2) is 4.79 Å². The van der Waals surface area contributed by atoms with E-state index in [9.17, 15) is 9.59 Å². The molecule has 1 N–H and O–H groups in total. The average molecular weight is 452 g/mol. The number of aryl methyl sites for hydroxylation is 2. The van der Waals surface area contributed by atoms with Gasteiger partial charge in [-0.2, -0.15) is 0 Å². The molecule has 1 aromatic carbocycles. The zero-order chi connectivity index (χ0) is 19.4. The van der Waals surface area contributed by atoms with Crippen LogP contribution in [0, 0.1) is 0 Å². The minimum absolute atomic E-state index is 0.112. The molecule has 3 rings (SSSR count). The van der Waals surface area contributed by atoms with Crippen LogP contribution in [-0.4, -0.2) is 25.1 Å². The molecule has 7 heteroatoms. The van der Waals surface area contributed by atoms with Crippen molar-refractivity contribution in [1.29, 1.82) is 0 Å². The number of ether oxygens (including phenoxy) is 2. The number of hydrogen-bond donors (Lipinski definition) is 1. The summed E-state index contributed by atoms with van der Waals surface area (Å²) in [4.78, 5) is 25.9. The highest BCUT2D eigenvalue weighted by atomic mass is 79.9. The fourth-order valence-electron chi connectivity index (χ4n) is 3.18. The zero-order valence-electron chi connectivity index (χ0n) is 15.4. The first-order valence-electron chi connectivity index (χ1n) is 9.06. The number of benzene rings is 1. The second-order valence-electron chi connectivity index (χ2n) is 6.22. The smallest absolute Gasteiger partial charge is 0.341 e. The monoisotopic (exact) mass is 451 g/mol. The molecule has 0 unspecified atom stereocenters. The largest absolute Gasteiger partial charge is 0.483 e. The number of rotatable bonds is 7. The van der Waals surface area contributed by atoms with Crippen molar-refractivity contribution in [2.45, 2.75) is 39.5 Å². The second kappa shape index (κ2) is 8.89. The number of esters is 1. The van der Waals surface area contributed by atoms with Gasteiger partial charge in [0.05, 0.1) is 12.2 Å². The Morgan fingerprint density at radius 2 is 2.07 bits per heavy atom. The molecule has 0 radical (unpaired) electrons. The van der Waals surface area contributed by atoms with Gasteiger partial charge in [-0.1, -0.05) is 22.9 Å². The first-order valence-corrected chi connectivity index (χ1v) is 10.7. The lowest BCUT2D eigenvalue weighted by molar-refractivity contribution is -0.118. The zero-order valence-corrected chi connectivity index (χ0v) is 17.8. The maximum Gasteiger partial charge on any atom is 0.341 e. The number of carbonyl (C=O) groups excluding carboxylic acids is 2. The van der Waals surface area contributed by atoms with Crippen LogP contribution in [-0.2, 0) is 28.8 Å². The summed E-state index contributed by atoms with van der Waals surface area (Å²) < 4.78 is 11.9. The highest BCUT2D eigenvalue weighted by Crippen LogP contribution is 2.39. The van der Waals surface area contributed by atoms with Gasteiger partial charge in [0.15, 0.2) is 6.61 Å². The number of amides is 1. The molecule has 0 saturated carbocycles.